The molecule has 0 atom stereocenters. The van der Waals surface area contributed by atoms with Gasteiger partial charge in [-0.25, -0.2) is 4.79 Å². The second-order valence-corrected chi connectivity index (χ2v) is 5.94. The van der Waals surface area contributed by atoms with Crippen LogP contribution < -0.4 is 5.32 Å². The van der Waals surface area contributed by atoms with Crippen molar-refractivity contribution >= 4 is 12.0 Å². The average Bonchev–Trinajstić information content (AvgIpc) is 2.56. The number of ether oxygens (including phenoxy) is 1. The Morgan fingerprint density at radius 1 is 1.16 bits per heavy atom. The summed E-state index contributed by atoms with van der Waals surface area (Å²) in [7, 11) is 0. The van der Waals surface area contributed by atoms with Crippen LogP contribution in [0.4, 0.5) is 4.79 Å². The lowest BCUT2D eigenvalue weighted by atomic mass is 9.74. The van der Waals surface area contributed by atoms with Gasteiger partial charge in [0, 0.05) is 19.7 Å². The number of carbonyl (C=O) groups is 2. The second-order valence-electron chi connectivity index (χ2n) is 5.94. The van der Waals surface area contributed by atoms with Crippen LogP contribution >= 0.6 is 0 Å². The fraction of sp³-hybridized carbons (Fsp3) is 0.846. The monoisotopic (exact) mass is 272 g/mol. The van der Waals surface area contributed by atoms with E-state index in [9.17, 15) is 14.7 Å². The number of nitrogens with zero attached hydrogens (tertiary/aromatic N) is 1. The van der Waals surface area contributed by atoms with E-state index >= 15 is 0 Å². The Kier molecular flexibility index (Phi) is 4.79. The first-order chi connectivity index (χ1) is 8.68. The summed E-state index contributed by atoms with van der Waals surface area (Å²) in [5, 5.41) is 12.1. The maximum absolute atomic E-state index is 12.2. The van der Waals surface area contributed by atoms with E-state index in [1.807, 2.05) is 0 Å². The molecule has 1 fully saturated rings. The number of carbonyl (C=O) groups excluding carboxylic acids is 1. The van der Waals surface area contributed by atoms with Crippen molar-refractivity contribution in [2.45, 2.75) is 39.7 Å². The van der Waals surface area contributed by atoms with Gasteiger partial charge in [-0.05, 0) is 34.1 Å². The van der Waals surface area contributed by atoms with Crippen molar-refractivity contribution in [1.29, 1.82) is 0 Å². The van der Waals surface area contributed by atoms with Crippen molar-refractivity contribution in [2.75, 3.05) is 26.3 Å². The molecule has 110 valence electrons. The van der Waals surface area contributed by atoms with Gasteiger partial charge in [0.15, 0.2) is 0 Å². The lowest BCUT2D eigenvalue weighted by Gasteiger charge is -2.40. The Labute approximate surface area is 114 Å². The first-order valence-corrected chi connectivity index (χ1v) is 6.57. The second kappa shape index (κ2) is 5.77. The maximum atomic E-state index is 12.2. The first kappa shape index (κ1) is 15.8. The van der Waals surface area contributed by atoms with Gasteiger partial charge >= 0.3 is 12.0 Å². The van der Waals surface area contributed by atoms with Crippen molar-refractivity contribution in [1.82, 2.24) is 10.2 Å². The summed E-state index contributed by atoms with van der Waals surface area (Å²) in [6, 6.07) is -0.232. The molecule has 1 aliphatic rings. The highest BCUT2D eigenvalue weighted by atomic mass is 16.5. The molecule has 0 aromatic carbocycles. The third kappa shape index (κ3) is 3.59. The fourth-order valence-electron chi connectivity index (χ4n) is 1.72. The van der Waals surface area contributed by atoms with Crippen molar-refractivity contribution in [3.63, 3.8) is 0 Å². The predicted octanol–water partition coefficient (Wildman–Crippen LogP) is 1.31. The van der Waals surface area contributed by atoms with Gasteiger partial charge in [-0.15, -0.1) is 0 Å². The molecule has 0 unspecified atom stereocenters. The van der Waals surface area contributed by atoms with Crippen LogP contribution in [0.3, 0.4) is 0 Å². The van der Waals surface area contributed by atoms with E-state index in [4.69, 9.17) is 4.74 Å². The number of rotatable bonds is 3. The summed E-state index contributed by atoms with van der Waals surface area (Å²) >= 11 is 0. The van der Waals surface area contributed by atoms with Gasteiger partial charge in [-0.3, -0.25) is 4.79 Å². The number of nitrogens with one attached hydrogen (secondary N) is 1. The zero-order valence-corrected chi connectivity index (χ0v) is 12.2. The molecule has 0 aromatic rings. The Hall–Kier alpha value is -1.30. The van der Waals surface area contributed by atoms with Crippen molar-refractivity contribution < 1.29 is 19.4 Å². The van der Waals surface area contributed by atoms with Crippen LogP contribution in [-0.4, -0.2) is 53.8 Å². The van der Waals surface area contributed by atoms with Crippen LogP contribution in [0.15, 0.2) is 0 Å². The molecule has 0 spiro atoms. The Balaban J connectivity index is 2.71. The molecule has 6 nitrogen and oxygen atoms in total. The fourth-order valence-corrected chi connectivity index (χ4v) is 1.72. The van der Waals surface area contributed by atoms with Crippen LogP contribution in [-0.2, 0) is 9.53 Å². The first-order valence-electron chi connectivity index (χ1n) is 6.57. The van der Waals surface area contributed by atoms with Crippen LogP contribution in [0, 0.1) is 5.41 Å². The number of carboxylic acids is 1. The molecular weight excluding hydrogens is 248 g/mol. The van der Waals surface area contributed by atoms with Crippen molar-refractivity contribution in [2.24, 2.45) is 5.41 Å². The lowest BCUT2D eigenvalue weighted by molar-refractivity contribution is -0.150. The number of aliphatic carboxylic acids is 1. The van der Waals surface area contributed by atoms with E-state index in [-0.39, 0.29) is 6.03 Å². The van der Waals surface area contributed by atoms with Crippen LogP contribution in [0.1, 0.15) is 34.1 Å². The predicted molar refractivity (Wildman–Crippen MR) is 71.0 cm³/mol. The standard InChI is InChI=1S/C13H24N2O4/c1-12(2,10(16)17)13(3,4)14-11(18)15-6-5-8-19-9-7-15/h5-9H2,1-4H3,(H,14,18)(H,16,17). The van der Waals surface area contributed by atoms with E-state index in [2.05, 4.69) is 5.32 Å². The van der Waals surface area contributed by atoms with Crippen LogP contribution in [0.2, 0.25) is 0 Å². The number of hydrogen-bond acceptors (Lipinski definition) is 3. The smallest absolute Gasteiger partial charge is 0.317 e. The molecule has 2 amide bonds. The maximum Gasteiger partial charge on any atom is 0.317 e. The van der Waals surface area contributed by atoms with Gasteiger partial charge in [-0.2, -0.15) is 0 Å². The molecule has 1 heterocycles. The topological polar surface area (TPSA) is 78.9 Å². The van der Waals surface area contributed by atoms with Gasteiger partial charge in [0.05, 0.1) is 17.6 Å². The molecule has 0 bridgehead atoms. The summed E-state index contributed by atoms with van der Waals surface area (Å²) in [4.78, 5) is 25.2. The average molecular weight is 272 g/mol. The van der Waals surface area contributed by atoms with Gasteiger partial charge in [0.25, 0.3) is 0 Å². The molecule has 1 saturated heterocycles. The quantitative estimate of drug-likeness (QED) is 0.812. The Bertz CT molecular complexity index is 345. The van der Waals surface area contributed by atoms with E-state index in [1.165, 1.54) is 0 Å². The van der Waals surface area contributed by atoms with Gasteiger partial charge in [0.1, 0.15) is 0 Å². The minimum Gasteiger partial charge on any atom is -0.481 e. The molecule has 19 heavy (non-hydrogen) atoms. The van der Waals surface area contributed by atoms with E-state index < -0.39 is 16.9 Å². The summed E-state index contributed by atoms with van der Waals surface area (Å²) in [5.74, 6) is -0.933. The highest BCUT2D eigenvalue weighted by Gasteiger charge is 2.45. The molecule has 1 aliphatic heterocycles. The molecule has 0 aromatic heterocycles. The normalized spacial score (nSPS) is 17.8. The lowest BCUT2D eigenvalue weighted by Crippen LogP contribution is -2.59. The molecule has 0 aliphatic carbocycles. The van der Waals surface area contributed by atoms with Crippen LogP contribution in [0.25, 0.3) is 0 Å². The highest BCUT2D eigenvalue weighted by molar-refractivity contribution is 5.79. The Morgan fingerprint density at radius 2 is 1.79 bits per heavy atom. The van der Waals surface area contributed by atoms with E-state index in [1.54, 1.807) is 32.6 Å². The minimum absolute atomic E-state index is 0.232. The van der Waals surface area contributed by atoms with E-state index in [0.717, 1.165) is 6.42 Å². The third-order valence-corrected chi connectivity index (χ3v) is 4.03. The summed E-state index contributed by atoms with van der Waals surface area (Å²) < 4.78 is 5.29. The van der Waals surface area contributed by atoms with Gasteiger partial charge in [0.2, 0.25) is 0 Å². The molecule has 0 radical (unpaired) electrons. The summed E-state index contributed by atoms with van der Waals surface area (Å²) in [6.45, 7) is 9.04. The number of amides is 2. The third-order valence-electron chi connectivity index (χ3n) is 4.03. The summed E-state index contributed by atoms with van der Waals surface area (Å²) in [6.07, 6.45) is 0.802. The van der Waals surface area contributed by atoms with Crippen LogP contribution in [0.5, 0.6) is 0 Å². The van der Waals surface area contributed by atoms with Gasteiger partial charge < -0.3 is 20.1 Å². The van der Waals surface area contributed by atoms with Gasteiger partial charge in [-0.1, -0.05) is 0 Å². The number of urea groups is 1. The summed E-state index contributed by atoms with van der Waals surface area (Å²) in [5.41, 5.74) is -1.89. The Morgan fingerprint density at radius 3 is 2.37 bits per heavy atom. The molecule has 2 N–H and O–H groups in total. The number of hydrogen-bond donors (Lipinski definition) is 2. The largest absolute Gasteiger partial charge is 0.481 e. The SMILES string of the molecule is CC(C)(NC(=O)N1CCCOCC1)C(C)(C)C(=O)O. The minimum atomic E-state index is -1.05. The van der Waals surface area contributed by atoms with E-state index in [0.29, 0.717) is 26.3 Å². The zero-order chi connectivity index (χ0) is 14.7. The number of carboxylic acid groups (broad SMARTS) is 1. The molecular formula is C13H24N2O4. The molecule has 6 heteroatoms. The molecule has 0 saturated carbocycles. The van der Waals surface area contributed by atoms with Crippen molar-refractivity contribution in [3.05, 3.63) is 0 Å². The van der Waals surface area contributed by atoms with Crippen molar-refractivity contribution in [3.8, 4) is 0 Å². The highest BCUT2D eigenvalue weighted by Crippen LogP contribution is 2.30. The zero-order valence-electron chi connectivity index (χ0n) is 12.2. The molecule has 1 rings (SSSR count).